The van der Waals surface area contributed by atoms with Gasteiger partial charge in [0.15, 0.2) is 0 Å². The quantitative estimate of drug-likeness (QED) is 0.617. The van der Waals surface area contributed by atoms with Crippen LogP contribution in [0, 0.1) is 5.92 Å². The first-order chi connectivity index (χ1) is 11.8. The van der Waals surface area contributed by atoms with E-state index in [0.29, 0.717) is 5.92 Å². The van der Waals surface area contributed by atoms with Crippen LogP contribution in [0.5, 0.6) is 0 Å². The highest BCUT2D eigenvalue weighted by Gasteiger charge is 2.65. The number of hydrogen-bond donors (Lipinski definition) is 0. The molecule has 0 radical (unpaired) electrons. The van der Waals surface area contributed by atoms with Crippen molar-refractivity contribution in [2.75, 3.05) is 0 Å². The molecule has 0 aromatic carbocycles. The van der Waals surface area contributed by atoms with Gasteiger partial charge in [-0.1, -0.05) is 55.0 Å². The molecule has 0 atom stereocenters. The van der Waals surface area contributed by atoms with Crippen molar-refractivity contribution < 1.29 is 14.4 Å². The van der Waals surface area contributed by atoms with Crippen molar-refractivity contribution in [1.29, 1.82) is 0 Å². The number of carbonyl (C=O) groups excluding carboxylic acids is 3. The maximum Gasteiger partial charge on any atom is 0.212 e. The van der Waals surface area contributed by atoms with E-state index in [-0.39, 0.29) is 29.6 Å². The van der Waals surface area contributed by atoms with Crippen molar-refractivity contribution in [2.45, 2.75) is 52.8 Å². The molecule has 6 heteroatoms. The molecule has 0 heterocycles. The molecule has 0 aliphatic heterocycles. The summed E-state index contributed by atoms with van der Waals surface area (Å²) in [5.41, 5.74) is 0. The van der Waals surface area contributed by atoms with E-state index in [9.17, 15) is 14.4 Å². The summed E-state index contributed by atoms with van der Waals surface area (Å²) in [6.45, 7) is 10.8. The largest absolute Gasteiger partial charge is 0.282 e. The summed E-state index contributed by atoms with van der Waals surface area (Å²) in [5, 5.41) is -0.0629. The smallest absolute Gasteiger partial charge is 0.212 e. The van der Waals surface area contributed by atoms with Gasteiger partial charge in [0.2, 0.25) is 15.3 Å². The van der Waals surface area contributed by atoms with Gasteiger partial charge in [-0.3, -0.25) is 14.4 Å². The molecule has 25 heavy (non-hydrogen) atoms. The van der Waals surface area contributed by atoms with Gasteiger partial charge >= 0.3 is 0 Å². The van der Waals surface area contributed by atoms with E-state index in [1.165, 1.54) is 53.5 Å². The molecule has 134 valence electrons. The Bertz CT molecular complexity index is 570. The van der Waals surface area contributed by atoms with Crippen molar-refractivity contribution in [1.82, 2.24) is 0 Å². The zero-order valence-corrected chi connectivity index (χ0v) is 16.6. The Morgan fingerprint density at radius 1 is 0.680 bits per heavy atom. The van der Waals surface area contributed by atoms with Crippen molar-refractivity contribution in [3.63, 3.8) is 0 Å². The van der Waals surface area contributed by atoms with Crippen LogP contribution in [0.1, 0.15) is 38.5 Å². The maximum absolute atomic E-state index is 12.1. The van der Waals surface area contributed by atoms with Crippen LogP contribution >= 0.6 is 35.3 Å². The van der Waals surface area contributed by atoms with Gasteiger partial charge in [-0.2, -0.15) is 0 Å². The van der Waals surface area contributed by atoms with Gasteiger partial charge in [0.25, 0.3) is 0 Å². The van der Waals surface area contributed by atoms with Gasteiger partial charge in [-0.25, -0.2) is 0 Å². The van der Waals surface area contributed by atoms with Crippen molar-refractivity contribution in [3.8, 4) is 0 Å². The predicted octanol–water partition coefficient (Wildman–Crippen LogP) is 4.54. The summed E-state index contributed by atoms with van der Waals surface area (Å²) in [7, 11) is 0. The van der Waals surface area contributed by atoms with Gasteiger partial charge in [0.1, 0.15) is 0 Å². The van der Waals surface area contributed by atoms with Crippen LogP contribution in [0.25, 0.3) is 0 Å². The normalized spacial score (nSPS) is 38.2. The number of hydrogen-bond acceptors (Lipinski definition) is 6. The third kappa shape index (κ3) is 3.71. The molecule has 4 aliphatic rings. The third-order valence-corrected chi connectivity index (χ3v) is 9.13. The van der Waals surface area contributed by atoms with E-state index in [2.05, 4.69) is 19.7 Å². The number of rotatable bonds is 6. The summed E-state index contributed by atoms with van der Waals surface area (Å²) in [5.74, 6) is 0.441. The number of thioether (sulfide) groups is 3. The second-order valence-corrected chi connectivity index (χ2v) is 11.9. The average Bonchev–Trinajstić information content (AvgIpc) is 2.51. The monoisotopic (exact) mass is 394 g/mol. The Morgan fingerprint density at radius 3 is 1.20 bits per heavy atom. The number of carbonyl (C=O) groups is 3. The summed E-state index contributed by atoms with van der Waals surface area (Å²) in [6.07, 6.45) is 9.53. The highest BCUT2D eigenvalue weighted by Crippen LogP contribution is 2.70. The van der Waals surface area contributed by atoms with Crippen molar-refractivity contribution in [2.24, 2.45) is 5.92 Å². The minimum Gasteiger partial charge on any atom is -0.282 e. The molecule has 0 unspecified atom stereocenters. The summed E-state index contributed by atoms with van der Waals surface area (Å²) in [6, 6.07) is 0. The van der Waals surface area contributed by atoms with Crippen LogP contribution in [-0.2, 0) is 14.4 Å². The van der Waals surface area contributed by atoms with E-state index in [1.54, 1.807) is 0 Å². The highest BCUT2D eigenvalue weighted by molar-refractivity contribution is 8.17. The molecule has 4 rings (SSSR count). The SMILES string of the molecule is C=CC(=O)SC12CC3CC(SC(=O)C=C)(C1)CC(SC(=O)C=C)(C3)C2. The fraction of sp³-hybridized carbons (Fsp3) is 0.526. The van der Waals surface area contributed by atoms with Crippen LogP contribution in [-0.4, -0.2) is 29.6 Å². The molecular weight excluding hydrogens is 372 g/mol. The second kappa shape index (κ2) is 6.78. The molecular formula is C19H22O3S3. The van der Waals surface area contributed by atoms with E-state index in [0.717, 1.165) is 38.5 Å². The lowest BCUT2D eigenvalue weighted by Crippen LogP contribution is -2.63. The van der Waals surface area contributed by atoms with Crippen LogP contribution in [0.3, 0.4) is 0 Å². The summed E-state index contributed by atoms with van der Waals surface area (Å²) in [4.78, 5) is 36.4. The summed E-state index contributed by atoms with van der Waals surface area (Å²) >= 11 is 4.10. The van der Waals surface area contributed by atoms with Crippen LogP contribution in [0.4, 0.5) is 0 Å². The molecule has 0 N–H and O–H groups in total. The van der Waals surface area contributed by atoms with E-state index in [4.69, 9.17) is 0 Å². The molecule has 4 bridgehead atoms. The van der Waals surface area contributed by atoms with Crippen LogP contribution < -0.4 is 0 Å². The standard InChI is InChI=1S/C19H22O3S3/c1-4-14(20)23-17-7-13-8-18(10-17,24-15(21)5-2)12-19(9-13,11-17)25-16(22)6-3/h4-6,13H,1-3,7-12H2. The highest BCUT2D eigenvalue weighted by atomic mass is 32.2. The lowest BCUT2D eigenvalue weighted by atomic mass is 9.55. The summed E-state index contributed by atoms with van der Waals surface area (Å²) < 4.78 is -0.602. The fourth-order valence-corrected chi connectivity index (χ4v) is 10.1. The molecule has 3 nitrogen and oxygen atoms in total. The average molecular weight is 395 g/mol. The third-order valence-electron chi connectivity index (χ3n) is 5.37. The molecule has 4 saturated carbocycles. The first kappa shape index (κ1) is 19.1. The van der Waals surface area contributed by atoms with Gasteiger partial charge in [0.05, 0.1) is 0 Å². The van der Waals surface area contributed by atoms with Gasteiger partial charge in [-0.05, 0) is 62.7 Å². The lowest BCUT2D eigenvalue weighted by Gasteiger charge is -2.65. The molecule has 0 saturated heterocycles. The topological polar surface area (TPSA) is 51.2 Å². The maximum atomic E-state index is 12.1. The Kier molecular flexibility index (Phi) is 5.17. The Morgan fingerprint density at radius 2 is 0.960 bits per heavy atom. The predicted molar refractivity (Wildman–Crippen MR) is 108 cm³/mol. The molecule has 4 aliphatic carbocycles. The first-order valence-electron chi connectivity index (χ1n) is 8.33. The van der Waals surface area contributed by atoms with E-state index < -0.39 is 0 Å². The van der Waals surface area contributed by atoms with Gasteiger partial charge in [-0.15, -0.1) is 0 Å². The Hall–Kier alpha value is -0.720. The van der Waals surface area contributed by atoms with E-state index in [1.807, 2.05) is 0 Å². The Balaban J connectivity index is 1.97. The zero-order valence-electron chi connectivity index (χ0n) is 14.1. The molecule has 4 fully saturated rings. The van der Waals surface area contributed by atoms with Crippen molar-refractivity contribution >= 4 is 50.6 Å². The minimum absolute atomic E-state index is 0.0210. The van der Waals surface area contributed by atoms with Crippen LogP contribution in [0.15, 0.2) is 38.0 Å². The minimum atomic E-state index is -0.201. The molecule has 0 spiro atoms. The van der Waals surface area contributed by atoms with Gasteiger partial charge < -0.3 is 0 Å². The van der Waals surface area contributed by atoms with Crippen LogP contribution in [0.2, 0.25) is 0 Å². The van der Waals surface area contributed by atoms with Gasteiger partial charge in [0, 0.05) is 14.2 Å². The molecule has 0 amide bonds. The van der Waals surface area contributed by atoms with E-state index >= 15 is 0 Å². The first-order valence-corrected chi connectivity index (χ1v) is 10.8. The zero-order chi connectivity index (χ0) is 18.3. The molecule has 0 aromatic heterocycles. The fourth-order valence-electron chi connectivity index (χ4n) is 5.28. The second-order valence-electron chi connectivity index (χ2n) is 7.43. The van der Waals surface area contributed by atoms with Crippen molar-refractivity contribution in [3.05, 3.63) is 38.0 Å². The lowest BCUT2D eigenvalue weighted by molar-refractivity contribution is -0.107. The molecule has 0 aromatic rings. The Labute approximate surface area is 161 Å².